The van der Waals surface area contributed by atoms with Crippen LogP contribution in [0.3, 0.4) is 0 Å². The van der Waals surface area contributed by atoms with E-state index < -0.39 is 0 Å². The second-order valence-electron chi connectivity index (χ2n) is 7.26. The molecule has 3 heterocycles. The molecule has 0 unspecified atom stereocenters. The van der Waals surface area contributed by atoms with Crippen molar-refractivity contribution in [3.05, 3.63) is 35.9 Å². The molecule has 6 heteroatoms. The molecule has 0 bridgehead atoms. The lowest BCUT2D eigenvalue weighted by Gasteiger charge is -2.30. The summed E-state index contributed by atoms with van der Waals surface area (Å²) in [4.78, 5) is 4.65. The predicted molar refractivity (Wildman–Crippen MR) is 94.3 cm³/mol. The van der Waals surface area contributed by atoms with E-state index in [0.717, 1.165) is 50.5 Å². The van der Waals surface area contributed by atoms with Crippen LogP contribution in [0, 0.1) is 5.92 Å². The largest absolute Gasteiger partial charge is 0.469 e. The molecule has 1 aliphatic rings. The van der Waals surface area contributed by atoms with E-state index in [4.69, 9.17) is 13.7 Å². The summed E-state index contributed by atoms with van der Waals surface area (Å²) >= 11 is 0. The molecule has 25 heavy (non-hydrogen) atoms. The molecule has 1 N–H and O–H groups in total. The summed E-state index contributed by atoms with van der Waals surface area (Å²) in [5, 5.41) is 7.88. The summed E-state index contributed by atoms with van der Waals surface area (Å²) in [6.07, 6.45) is 5.68. The first-order chi connectivity index (χ1) is 12.1. The van der Waals surface area contributed by atoms with E-state index in [1.54, 1.807) is 6.26 Å². The summed E-state index contributed by atoms with van der Waals surface area (Å²) in [5.74, 6) is 3.23. The van der Waals surface area contributed by atoms with Crippen molar-refractivity contribution in [2.45, 2.75) is 64.5 Å². The van der Waals surface area contributed by atoms with Gasteiger partial charge in [0.05, 0.1) is 12.3 Å². The molecule has 0 spiro atoms. The number of nitrogens with one attached hydrogen (secondary N) is 1. The molecule has 0 aliphatic carbocycles. The van der Waals surface area contributed by atoms with E-state index in [1.807, 2.05) is 12.1 Å². The number of hydrogen-bond donors (Lipinski definition) is 1. The fourth-order valence-corrected chi connectivity index (χ4v) is 3.27. The molecular formula is C19H29N3O3. The maximum atomic E-state index is 5.61. The highest BCUT2D eigenvalue weighted by Crippen LogP contribution is 2.30. The minimum absolute atomic E-state index is 0.0792. The first-order valence-electron chi connectivity index (χ1n) is 9.33. The lowest BCUT2D eigenvalue weighted by atomic mass is 9.90. The zero-order valence-electron chi connectivity index (χ0n) is 15.4. The Hall–Kier alpha value is -1.66. The van der Waals surface area contributed by atoms with Gasteiger partial charge in [0.2, 0.25) is 5.89 Å². The molecule has 1 fully saturated rings. The van der Waals surface area contributed by atoms with Crippen molar-refractivity contribution < 1.29 is 13.7 Å². The Morgan fingerprint density at radius 1 is 1.24 bits per heavy atom. The van der Waals surface area contributed by atoms with E-state index in [9.17, 15) is 0 Å². The Morgan fingerprint density at radius 2 is 2.04 bits per heavy atom. The third-order valence-corrected chi connectivity index (χ3v) is 4.85. The first kappa shape index (κ1) is 18.1. The molecule has 2 atom stereocenters. The van der Waals surface area contributed by atoms with Crippen LogP contribution in [0.4, 0.5) is 0 Å². The summed E-state index contributed by atoms with van der Waals surface area (Å²) < 4.78 is 16.6. The Bertz CT molecular complexity index is 618. The molecule has 1 saturated heterocycles. The van der Waals surface area contributed by atoms with Gasteiger partial charge in [-0.1, -0.05) is 19.0 Å². The van der Waals surface area contributed by atoms with Gasteiger partial charge < -0.3 is 19.0 Å². The normalized spacial score (nSPS) is 18.6. The fraction of sp³-hybridized carbons (Fsp3) is 0.684. The molecule has 1 aliphatic heterocycles. The van der Waals surface area contributed by atoms with Gasteiger partial charge in [-0.3, -0.25) is 0 Å². The van der Waals surface area contributed by atoms with Gasteiger partial charge in [0, 0.05) is 31.6 Å². The van der Waals surface area contributed by atoms with Crippen LogP contribution in [0.1, 0.15) is 69.5 Å². The monoisotopic (exact) mass is 347 g/mol. The van der Waals surface area contributed by atoms with Gasteiger partial charge in [-0.2, -0.15) is 4.98 Å². The second kappa shape index (κ2) is 8.63. The maximum absolute atomic E-state index is 5.61. The average Bonchev–Trinajstić information content (AvgIpc) is 3.30. The number of aromatic nitrogens is 2. The van der Waals surface area contributed by atoms with Crippen molar-refractivity contribution in [1.82, 2.24) is 15.5 Å². The SMILES string of the molecule is CC(C)c1noc([C@H](N[C@@H](C)CCc2ccco2)C2CCOCC2)n1. The summed E-state index contributed by atoms with van der Waals surface area (Å²) in [7, 11) is 0. The Morgan fingerprint density at radius 3 is 2.68 bits per heavy atom. The van der Waals surface area contributed by atoms with Gasteiger partial charge in [-0.15, -0.1) is 0 Å². The van der Waals surface area contributed by atoms with Gasteiger partial charge in [0.15, 0.2) is 5.82 Å². The first-order valence-corrected chi connectivity index (χ1v) is 9.33. The highest BCUT2D eigenvalue weighted by atomic mass is 16.5. The number of rotatable bonds is 8. The molecule has 0 amide bonds. The van der Waals surface area contributed by atoms with Gasteiger partial charge in [-0.25, -0.2) is 0 Å². The molecule has 2 aromatic heterocycles. The summed E-state index contributed by atoms with van der Waals surface area (Å²) in [5.41, 5.74) is 0. The van der Waals surface area contributed by atoms with Crippen molar-refractivity contribution >= 4 is 0 Å². The number of hydrogen-bond acceptors (Lipinski definition) is 6. The number of aryl methyl sites for hydroxylation is 1. The Labute approximate surface area is 149 Å². The molecule has 3 rings (SSSR count). The van der Waals surface area contributed by atoms with Gasteiger partial charge in [0.25, 0.3) is 0 Å². The molecule has 6 nitrogen and oxygen atoms in total. The molecule has 2 aromatic rings. The minimum atomic E-state index is 0.0792. The zero-order valence-corrected chi connectivity index (χ0v) is 15.4. The van der Waals surface area contributed by atoms with E-state index in [0.29, 0.717) is 17.9 Å². The van der Waals surface area contributed by atoms with Crippen molar-refractivity contribution in [2.24, 2.45) is 5.92 Å². The third kappa shape index (κ3) is 4.92. The van der Waals surface area contributed by atoms with Crippen molar-refractivity contribution in [3.63, 3.8) is 0 Å². The highest BCUT2D eigenvalue weighted by Gasteiger charge is 2.31. The quantitative estimate of drug-likeness (QED) is 0.781. The van der Waals surface area contributed by atoms with Crippen LogP contribution < -0.4 is 5.32 Å². The predicted octanol–water partition coefficient (Wildman–Crippen LogP) is 3.86. The highest BCUT2D eigenvalue weighted by molar-refractivity contribution is 5.01. The van der Waals surface area contributed by atoms with E-state index in [2.05, 4.69) is 36.2 Å². The van der Waals surface area contributed by atoms with Crippen molar-refractivity contribution in [2.75, 3.05) is 13.2 Å². The molecule has 0 aromatic carbocycles. The van der Waals surface area contributed by atoms with Crippen LogP contribution in [-0.4, -0.2) is 29.4 Å². The van der Waals surface area contributed by atoms with E-state index in [1.165, 1.54) is 0 Å². The molecule has 138 valence electrons. The standard InChI is InChI=1S/C19H29N3O3/c1-13(2)18-21-19(25-22-18)17(15-8-11-23-12-9-15)20-14(3)6-7-16-5-4-10-24-16/h4-5,10,13-15,17,20H,6-9,11-12H2,1-3H3/t14-,17+/m0/s1. The van der Waals surface area contributed by atoms with Crippen LogP contribution in [0.2, 0.25) is 0 Å². The third-order valence-electron chi connectivity index (χ3n) is 4.85. The van der Waals surface area contributed by atoms with Crippen LogP contribution in [0.15, 0.2) is 27.3 Å². The number of nitrogens with zero attached hydrogens (tertiary/aromatic N) is 2. The smallest absolute Gasteiger partial charge is 0.244 e. The summed E-state index contributed by atoms with van der Waals surface area (Å²) in [6.45, 7) is 7.97. The van der Waals surface area contributed by atoms with Crippen LogP contribution in [-0.2, 0) is 11.2 Å². The molecule has 0 radical (unpaired) electrons. The zero-order chi connectivity index (χ0) is 17.6. The van der Waals surface area contributed by atoms with Crippen molar-refractivity contribution in [3.8, 4) is 0 Å². The second-order valence-corrected chi connectivity index (χ2v) is 7.26. The van der Waals surface area contributed by atoms with E-state index >= 15 is 0 Å². The van der Waals surface area contributed by atoms with Crippen LogP contribution >= 0.6 is 0 Å². The fourth-order valence-electron chi connectivity index (χ4n) is 3.27. The van der Waals surface area contributed by atoms with Crippen LogP contribution in [0.5, 0.6) is 0 Å². The number of ether oxygens (including phenoxy) is 1. The van der Waals surface area contributed by atoms with Gasteiger partial charge >= 0.3 is 0 Å². The lowest BCUT2D eigenvalue weighted by Crippen LogP contribution is -2.37. The summed E-state index contributed by atoms with van der Waals surface area (Å²) in [6, 6.07) is 4.36. The Balaban J connectivity index is 1.66. The lowest BCUT2D eigenvalue weighted by molar-refractivity contribution is 0.0469. The van der Waals surface area contributed by atoms with Gasteiger partial charge in [-0.05, 0) is 44.2 Å². The Kier molecular flexibility index (Phi) is 6.26. The average molecular weight is 347 g/mol. The van der Waals surface area contributed by atoms with Crippen molar-refractivity contribution in [1.29, 1.82) is 0 Å². The van der Waals surface area contributed by atoms with Crippen LogP contribution in [0.25, 0.3) is 0 Å². The van der Waals surface area contributed by atoms with Gasteiger partial charge in [0.1, 0.15) is 5.76 Å². The minimum Gasteiger partial charge on any atom is -0.469 e. The molecule has 0 saturated carbocycles. The van der Waals surface area contributed by atoms with E-state index in [-0.39, 0.29) is 12.0 Å². The topological polar surface area (TPSA) is 73.3 Å². The molecular weight excluding hydrogens is 318 g/mol. The number of furan rings is 1. The maximum Gasteiger partial charge on any atom is 0.244 e.